The molecule has 0 aromatic carbocycles. The normalized spacial score (nSPS) is 34.7. The maximum atomic E-state index is 14.3. The maximum Gasteiger partial charge on any atom is 0.323 e. The monoisotopic (exact) mass is 743 g/mol. The second-order valence-corrected chi connectivity index (χ2v) is 14.6. The summed E-state index contributed by atoms with van der Waals surface area (Å²) in [5.74, 6) is -5.21. The van der Waals surface area contributed by atoms with Gasteiger partial charge in [-0.1, -0.05) is 39.3 Å². The van der Waals surface area contributed by atoms with Crippen molar-refractivity contribution in [3.8, 4) is 0 Å². The van der Waals surface area contributed by atoms with Crippen molar-refractivity contribution in [3.63, 3.8) is 0 Å². The van der Waals surface area contributed by atoms with E-state index in [9.17, 15) is 49.3 Å². The van der Waals surface area contributed by atoms with Crippen LogP contribution in [-0.2, 0) is 47.9 Å². The number of carbonyl (C=O) groups is 5. The second kappa shape index (κ2) is 14.8. The first kappa shape index (κ1) is 39.6. The summed E-state index contributed by atoms with van der Waals surface area (Å²) in [6.45, 7) is 4.29. The number of aliphatic hydroxyl groups is 1. The van der Waals surface area contributed by atoms with E-state index in [4.69, 9.17) is 31.5 Å². The lowest BCUT2D eigenvalue weighted by atomic mass is 9.45. The van der Waals surface area contributed by atoms with Gasteiger partial charge < -0.3 is 34.7 Å². The van der Waals surface area contributed by atoms with E-state index in [2.05, 4.69) is 9.68 Å². The Balaban J connectivity index is 1.50. The summed E-state index contributed by atoms with van der Waals surface area (Å²) in [5.41, 5.74) is 2.71. The first-order chi connectivity index (χ1) is 23.8. The topological polar surface area (TPSA) is 264 Å². The average Bonchev–Trinajstić information content (AvgIpc) is 3.27. The summed E-state index contributed by atoms with van der Waals surface area (Å²) in [4.78, 5) is 92.6. The van der Waals surface area contributed by atoms with Gasteiger partial charge in [-0.3, -0.25) is 24.0 Å². The highest BCUT2D eigenvalue weighted by Gasteiger charge is 2.76. The Bertz CT molecular complexity index is 1540. The number of alkyl halides is 1. The number of ketones is 2. The van der Waals surface area contributed by atoms with Crippen LogP contribution in [0.1, 0.15) is 66.2 Å². The molecule has 18 nitrogen and oxygen atoms in total. The standard InChI is InChI=1S/C32H42ClN3O15/c1-5-26(40)50-32(25(39)16-47-27(41)12-23(34)28(42)48-14-20(51-36(45)46)15-49-35(43)44)17(2)10-22-21-7-6-18-11-19(37)8-9-29(18,3)31(21,33)24(38)13-30(22,32)4/h8-9,11,17,20-24,38H,5-7,10,12-16,34H2,1-4H3/t17-,20?,21-,22-,23?,24-,29-,30-,31-,32-/m0/s1. The van der Waals surface area contributed by atoms with Crippen molar-refractivity contribution in [2.45, 2.75) is 94.9 Å². The van der Waals surface area contributed by atoms with Crippen LogP contribution < -0.4 is 5.73 Å². The van der Waals surface area contributed by atoms with Crippen molar-refractivity contribution >= 4 is 41.1 Å². The number of hydrogen-bond acceptors (Lipinski definition) is 16. The van der Waals surface area contributed by atoms with Gasteiger partial charge in [-0.2, -0.15) is 0 Å². The number of Topliss-reactive ketones (excluding diaryl/α,β-unsaturated/α-hetero) is 1. The molecule has 4 rings (SSSR count). The lowest BCUT2D eigenvalue weighted by Crippen LogP contribution is -2.69. The van der Waals surface area contributed by atoms with Gasteiger partial charge in [0.1, 0.15) is 19.3 Å². The molecule has 0 aliphatic heterocycles. The second-order valence-electron chi connectivity index (χ2n) is 14.0. The number of aliphatic hydroxyl groups excluding tert-OH is 1. The molecule has 2 unspecified atom stereocenters. The highest BCUT2D eigenvalue weighted by atomic mass is 35.5. The van der Waals surface area contributed by atoms with E-state index in [1.807, 2.05) is 6.92 Å². The van der Waals surface area contributed by atoms with Crippen molar-refractivity contribution < 1.29 is 63.1 Å². The molecule has 3 saturated carbocycles. The minimum Gasteiger partial charge on any atom is -0.462 e. The molecule has 0 spiro atoms. The Morgan fingerprint density at radius 1 is 1.10 bits per heavy atom. The molecule has 3 N–H and O–H groups in total. The number of nitrogens with zero attached hydrogens (tertiary/aromatic N) is 2. The number of fused-ring (bicyclic) bond motifs is 5. The number of allylic oxidation sites excluding steroid dienone is 4. The van der Waals surface area contributed by atoms with Gasteiger partial charge in [-0.15, -0.1) is 31.8 Å². The van der Waals surface area contributed by atoms with Gasteiger partial charge in [0.25, 0.3) is 10.2 Å². The van der Waals surface area contributed by atoms with E-state index in [1.54, 1.807) is 32.9 Å². The van der Waals surface area contributed by atoms with E-state index < -0.39 is 106 Å². The molecular formula is C32H42ClN3O15. The van der Waals surface area contributed by atoms with Crippen LogP contribution in [0.25, 0.3) is 0 Å². The summed E-state index contributed by atoms with van der Waals surface area (Å²) in [7, 11) is 0. The molecule has 0 heterocycles. The van der Waals surface area contributed by atoms with Gasteiger partial charge in [-0.05, 0) is 49.7 Å². The van der Waals surface area contributed by atoms with Crippen LogP contribution in [0.15, 0.2) is 23.8 Å². The van der Waals surface area contributed by atoms with Gasteiger partial charge in [0.05, 0.1) is 17.4 Å². The summed E-state index contributed by atoms with van der Waals surface area (Å²) in [5, 5.41) is 30.5. The number of rotatable bonds is 15. The first-order valence-electron chi connectivity index (χ1n) is 16.5. The minimum atomic E-state index is -1.83. The molecule has 3 fully saturated rings. The molecule has 10 atom stereocenters. The zero-order valence-electron chi connectivity index (χ0n) is 28.6. The lowest BCUT2D eigenvalue weighted by Gasteiger charge is -2.64. The van der Waals surface area contributed by atoms with Gasteiger partial charge in [0.15, 0.2) is 24.1 Å². The number of hydrogen-bond donors (Lipinski definition) is 2. The van der Waals surface area contributed by atoms with Crippen LogP contribution in [0, 0.1) is 48.8 Å². The molecular weight excluding hydrogens is 702 g/mol. The van der Waals surface area contributed by atoms with Gasteiger partial charge in [-0.25, -0.2) is 0 Å². The average molecular weight is 744 g/mol. The third-order valence-corrected chi connectivity index (χ3v) is 12.1. The summed E-state index contributed by atoms with van der Waals surface area (Å²) in [6, 6.07) is -1.67. The van der Waals surface area contributed by atoms with E-state index in [0.29, 0.717) is 19.3 Å². The highest BCUT2D eigenvalue weighted by Crippen LogP contribution is 2.72. The van der Waals surface area contributed by atoms with Crippen LogP contribution in [0.2, 0.25) is 0 Å². The Kier molecular flexibility index (Phi) is 11.5. The number of carbonyl (C=O) groups excluding carboxylic acids is 5. The Labute approximate surface area is 297 Å². The maximum absolute atomic E-state index is 14.3. The SMILES string of the molecule is CCC(=O)O[C@]1(C(=O)COC(=O)CC(N)C(=O)OCC(CO[N+](=O)[O-])O[N+](=O)[O-])[C@@H](C)C[C@H]2[C@@H]3CCC4=CC(=O)C=C[C@]4(C)[C@@]3(Cl)[C@@H](O)C[C@@]21C. The van der Waals surface area contributed by atoms with E-state index >= 15 is 0 Å². The van der Waals surface area contributed by atoms with Crippen LogP contribution in [-0.4, -0.2) is 93.3 Å². The van der Waals surface area contributed by atoms with Crippen molar-refractivity contribution in [3.05, 3.63) is 44.0 Å². The molecule has 19 heteroatoms. The minimum absolute atomic E-state index is 0.0477. The Morgan fingerprint density at radius 2 is 1.78 bits per heavy atom. The third-order valence-electron chi connectivity index (χ3n) is 11.2. The number of ether oxygens (including phenoxy) is 3. The molecule has 4 aliphatic carbocycles. The molecule has 0 saturated heterocycles. The summed E-state index contributed by atoms with van der Waals surface area (Å²) >= 11 is 7.50. The zero-order valence-corrected chi connectivity index (χ0v) is 29.3. The molecule has 282 valence electrons. The molecule has 0 bridgehead atoms. The van der Waals surface area contributed by atoms with Gasteiger partial charge in [0.2, 0.25) is 5.78 Å². The number of nitrogens with two attached hydrogens (primary N) is 1. The molecule has 0 amide bonds. The molecule has 0 aromatic heterocycles. The molecule has 4 aliphatic rings. The molecule has 51 heavy (non-hydrogen) atoms. The summed E-state index contributed by atoms with van der Waals surface area (Å²) < 4.78 is 16.1. The smallest absolute Gasteiger partial charge is 0.323 e. The van der Waals surface area contributed by atoms with E-state index in [0.717, 1.165) is 5.57 Å². The predicted molar refractivity (Wildman–Crippen MR) is 171 cm³/mol. The Morgan fingerprint density at radius 3 is 2.41 bits per heavy atom. The van der Waals surface area contributed by atoms with E-state index in [-0.39, 0.29) is 30.5 Å². The lowest BCUT2D eigenvalue weighted by molar-refractivity contribution is -0.790. The third kappa shape index (κ3) is 7.04. The fourth-order valence-electron chi connectivity index (χ4n) is 8.88. The van der Waals surface area contributed by atoms with Gasteiger partial charge >= 0.3 is 17.9 Å². The van der Waals surface area contributed by atoms with Crippen molar-refractivity contribution in [2.75, 3.05) is 19.8 Å². The van der Waals surface area contributed by atoms with Crippen molar-refractivity contribution in [1.82, 2.24) is 0 Å². The van der Waals surface area contributed by atoms with E-state index in [1.165, 1.54) is 6.08 Å². The van der Waals surface area contributed by atoms with Crippen molar-refractivity contribution in [2.24, 2.45) is 34.3 Å². The predicted octanol–water partition coefficient (Wildman–Crippen LogP) is 1.72. The zero-order chi connectivity index (χ0) is 38.1. The van der Waals surface area contributed by atoms with Crippen LogP contribution >= 0.6 is 11.6 Å². The highest BCUT2D eigenvalue weighted by molar-refractivity contribution is 6.26. The number of esters is 3. The van der Waals surface area contributed by atoms with Crippen LogP contribution in [0.5, 0.6) is 0 Å². The molecule has 0 aromatic rings. The van der Waals surface area contributed by atoms with Crippen molar-refractivity contribution in [1.29, 1.82) is 0 Å². The largest absolute Gasteiger partial charge is 0.462 e. The van der Waals surface area contributed by atoms with Crippen LogP contribution in [0.4, 0.5) is 0 Å². The fourth-order valence-corrected chi connectivity index (χ4v) is 9.41. The molecule has 0 radical (unpaired) electrons. The quantitative estimate of drug-likeness (QED) is 0.0795. The number of halogens is 1. The van der Waals surface area contributed by atoms with Gasteiger partial charge in [0, 0.05) is 23.2 Å². The Hall–Kier alpha value is -4.16. The van der Waals surface area contributed by atoms with Crippen LogP contribution in [0.3, 0.4) is 0 Å². The summed E-state index contributed by atoms with van der Waals surface area (Å²) in [6.07, 6.45) is 2.39. The fraction of sp³-hybridized carbons (Fsp3) is 0.719. The first-order valence-corrected chi connectivity index (χ1v) is 16.9.